The summed E-state index contributed by atoms with van der Waals surface area (Å²) in [6.07, 6.45) is 1.83. The highest BCUT2D eigenvalue weighted by Gasteiger charge is 2.28. The Morgan fingerprint density at radius 3 is 2.63 bits per heavy atom. The predicted molar refractivity (Wildman–Crippen MR) is 141 cm³/mol. The fraction of sp³-hybridized carbons (Fsp3) is 0.286. The topological polar surface area (TPSA) is 86.5 Å². The summed E-state index contributed by atoms with van der Waals surface area (Å²) in [5.41, 5.74) is 6.16. The van der Waals surface area contributed by atoms with Gasteiger partial charge in [0, 0.05) is 30.0 Å². The lowest BCUT2D eigenvalue weighted by Crippen LogP contribution is -2.34. The second kappa shape index (κ2) is 10.6. The number of fused-ring (bicyclic) bond motifs is 1. The van der Waals surface area contributed by atoms with Crippen molar-refractivity contribution in [2.75, 3.05) is 38.6 Å². The minimum absolute atomic E-state index is 0.154. The Morgan fingerprint density at radius 1 is 1.11 bits per heavy atom. The van der Waals surface area contributed by atoms with Crippen LogP contribution in [0.1, 0.15) is 41.2 Å². The van der Waals surface area contributed by atoms with Crippen LogP contribution in [0.2, 0.25) is 0 Å². The molecule has 2 heterocycles. The van der Waals surface area contributed by atoms with Gasteiger partial charge in [0.1, 0.15) is 11.4 Å². The molecule has 0 fully saturated rings. The van der Waals surface area contributed by atoms with Crippen molar-refractivity contribution in [2.45, 2.75) is 20.8 Å². The maximum Gasteiger partial charge on any atom is 0.267 e. The monoisotopic (exact) mass is 472 g/mol. The Morgan fingerprint density at radius 2 is 1.89 bits per heavy atom. The normalized spacial score (nSPS) is 13.7. The van der Waals surface area contributed by atoms with Gasteiger partial charge in [0.15, 0.2) is 0 Å². The van der Waals surface area contributed by atoms with Crippen LogP contribution in [0.4, 0.5) is 5.69 Å². The lowest BCUT2D eigenvalue weighted by atomic mass is 9.94. The van der Waals surface area contributed by atoms with Gasteiger partial charge < -0.3 is 25.3 Å². The number of hydrogen-bond donors (Lipinski definition) is 3. The second-order valence-electron chi connectivity index (χ2n) is 8.53. The quantitative estimate of drug-likeness (QED) is 0.399. The molecule has 1 aliphatic rings. The first-order chi connectivity index (χ1) is 16.9. The molecule has 182 valence electrons. The lowest BCUT2D eigenvalue weighted by Gasteiger charge is -2.17. The number of hydrogen-bond acceptors (Lipinski definition) is 4. The number of ether oxygens (including phenoxy) is 1. The van der Waals surface area contributed by atoms with Crippen molar-refractivity contribution < 1.29 is 14.3 Å². The number of benzene rings is 2. The molecule has 0 radical (unpaired) electrons. The van der Waals surface area contributed by atoms with Gasteiger partial charge in [0.25, 0.3) is 11.8 Å². The zero-order valence-electron chi connectivity index (χ0n) is 20.7. The molecular formula is C28H32N4O3. The molecule has 0 unspecified atom stereocenters. The van der Waals surface area contributed by atoms with Crippen molar-refractivity contribution in [3.63, 3.8) is 0 Å². The van der Waals surface area contributed by atoms with Crippen molar-refractivity contribution >= 4 is 29.2 Å². The summed E-state index contributed by atoms with van der Waals surface area (Å²) >= 11 is 0. The van der Waals surface area contributed by atoms with Crippen LogP contribution < -0.4 is 15.4 Å². The van der Waals surface area contributed by atoms with Gasteiger partial charge in [-0.15, -0.1) is 0 Å². The summed E-state index contributed by atoms with van der Waals surface area (Å²) in [7, 11) is 1.64. The molecule has 0 bridgehead atoms. The number of nitrogens with one attached hydrogen (secondary N) is 3. The van der Waals surface area contributed by atoms with Gasteiger partial charge in [-0.05, 0) is 67.0 Å². The highest BCUT2D eigenvalue weighted by Crippen LogP contribution is 2.41. The Hall–Kier alpha value is -3.84. The number of methoxy groups -OCH3 is 1. The largest absolute Gasteiger partial charge is 0.497 e. The molecule has 0 atom stereocenters. The molecule has 7 heteroatoms. The number of amides is 2. The van der Waals surface area contributed by atoms with E-state index in [1.54, 1.807) is 7.11 Å². The summed E-state index contributed by atoms with van der Waals surface area (Å²) in [4.78, 5) is 31.1. The van der Waals surface area contributed by atoms with Crippen LogP contribution in [0.15, 0.2) is 48.5 Å². The number of carbonyl (C=O) groups excluding carboxylic acids is 2. The molecule has 2 aromatic carbocycles. The molecule has 1 aromatic heterocycles. The van der Waals surface area contributed by atoms with Crippen LogP contribution >= 0.6 is 0 Å². The molecular weight excluding hydrogens is 440 g/mol. The molecule has 0 spiro atoms. The van der Waals surface area contributed by atoms with E-state index in [2.05, 4.69) is 34.4 Å². The van der Waals surface area contributed by atoms with Crippen LogP contribution in [0.25, 0.3) is 22.8 Å². The number of aromatic amines is 1. The predicted octanol–water partition coefficient (Wildman–Crippen LogP) is 4.56. The van der Waals surface area contributed by atoms with E-state index in [1.807, 2.05) is 61.5 Å². The summed E-state index contributed by atoms with van der Waals surface area (Å²) in [5, 5.41) is 5.94. The molecule has 3 N–H and O–H groups in total. The molecule has 0 saturated heterocycles. The highest BCUT2D eigenvalue weighted by atomic mass is 16.5. The standard InChI is InChI=1S/C28H32N4O3/c1-5-32(6-2)14-13-29-28(34)25-15-18(3)24(30-25)17-22-26-21(11-8-12-23(26)31-27(22)33)19-9-7-10-20(16-19)35-4/h7-12,15-17,30H,5-6,13-14H2,1-4H3,(H,29,34)(H,31,33). The molecule has 3 aromatic rings. The van der Waals surface area contributed by atoms with Crippen LogP contribution in [0.5, 0.6) is 5.75 Å². The Labute approximate surface area is 206 Å². The molecule has 35 heavy (non-hydrogen) atoms. The first-order valence-electron chi connectivity index (χ1n) is 12.0. The molecule has 4 rings (SSSR count). The second-order valence-corrected chi connectivity index (χ2v) is 8.53. The minimum atomic E-state index is -0.172. The summed E-state index contributed by atoms with van der Waals surface area (Å²) in [6.45, 7) is 9.43. The third-order valence-corrected chi connectivity index (χ3v) is 6.40. The number of H-pyrrole nitrogens is 1. The van der Waals surface area contributed by atoms with Gasteiger partial charge >= 0.3 is 0 Å². The van der Waals surface area contributed by atoms with E-state index >= 15 is 0 Å². The fourth-order valence-electron chi connectivity index (χ4n) is 4.37. The molecule has 0 saturated carbocycles. The summed E-state index contributed by atoms with van der Waals surface area (Å²) in [5.74, 6) is 0.424. The molecule has 2 amide bonds. The molecule has 0 aliphatic carbocycles. The molecule has 1 aliphatic heterocycles. The van der Waals surface area contributed by atoms with E-state index in [4.69, 9.17) is 4.74 Å². The van der Waals surface area contributed by atoms with E-state index in [0.29, 0.717) is 17.8 Å². The number of anilines is 1. The average molecular weight is 473 g/mol. The van der Waals surface area contributed by atoms with Crippen LogP contribution in [-0.4, -0.2) is 55.0 Å². The van der Waals surface area contributed by atoms with E-state index in [-0.39, 0.29) is 11.8 Å². The zero-order valence-corrected chi connectivity index (χ0v) is 20.7. The smallest absolute Gasteiger partial charge is 0.267 e. The van der Waals surface area contributed by atoms with Gasteiger partial charge in [-0.1, -0.05) is 38.1 Å². The van der Waals surface area contributed by atoms with Crippen molar-refractivity contribution in [1.29, 1.82) is 0 Å². The highest BCUT2D eigenvalue weighted by molar-refractivity contribution is 6.36. The van der Waals surface area contributed by atoms with Crippen molar-refractivity contribution in [3.05, 3.63) is 71.0 Å². The van der Waals surface area contributed by atoms with Gasteiger partial charge in [-0.2, -0.15) is 0 Å². The third kappa shape index (κ3) is 5.15. The Balaban J connectivity index is 1.63. The first-order valence-corrected chi connectivity index (χ1v) is 12.0. The maximum absolute atomic E-state index is 13.0. The average Bonchev–Trinajstić information content (AvgIpc) is 3.40. The van der Waals surface area contributed by atoms with Crippen LogP contribution in [0.3, 0.4) is 0 Å². The number of aryl methyl sites for hydroxylation is 1. The van der Waals surface area contributed by atoms with Gasteiger partial charge in [-0.25, -0.2) is 0 Å². The third-order valence-electron chi connectivity index (χ3n) is 6.40. The van der Waals surface area contributed by atoms with Gasteiger partial charge in [0.2, 0.25) is 0 Å². The number of nitrogens with zero attached hydrogens (tertiary/aromatic N) is 1. The van der Waals surface area contributed by atoms with Crippen LogP contribution in [0, 0.1) is 6.92 Å². The molecule has 7 nitrogen and oxygen atoms in total. The zero-order chi connectivity index (χ0) is 24.9. The maximum atomic E-state index is 13.0. The Bertz CT molecular complexity index is 1270. The van der Waals surface area contributed by atoms with E-state index in [0.717, 1.165) is 59.0 Å². The Kier molecular flexibility index (Phi) is 7.36. The van der Waals surface area contributed by atoms with Gasteiger partial charge in [0.05, 0.1) is 12.7 Å². The summed E-state index contributed by atoms with van der Waals surface area (Å²) < 4.78 is 5.39. The minimum Gasteiger partial charge on any atom is -0.497 e. The van der Waals surface area contributed by atoms with Crippen molar-refractivity contribution in [2.24, 2.45) is 0 Å². The lowest BCUT2D eigenvalue weighted by molar-refractivity contribution is -0.110. The number of aromatic nitrogens is 1. The van der Waals surface area contributed by atoms with Crippen LogP contribution in [-0.2, 0) is 4.79 Å². The summed E-state index contributed by atoms with van der Waals surface area (Å²) in [6, 6.07) is 15.4. The van der Waals surface area contributed by atoms with E-state index < -0.39 is 0 Å². The van der Waals surface area contributed by atoms with Gasteiger partial charge in [-0.3, -0.25) is 9.59 Å². The number of carbonyl (C=O) groups is 2. The van der Waals surface area contributed by atoms with Crippen molar-refractivity contribution in [3.8, 4) is 16.9 Å². The number of rotatable bonds is 9. The SMILES string of the molecule is CCN(CC)CCNC(=O)c1cc(C)c(C=C2C(=O)Nc3cccc(-c4cccc(OC)c4)c32)[nH]1. The van der Waals surface area contributed by atoms with E-state index in [9.17, 15) is 9.59 Å². The van der Waals surface area contributed by atoms with Crippen molar-refractivity contribution in [1.82, 2.24) is 15.2 Å². The number of likely N-dealkylation sites (N-methyl/N-ethyl adjacent to an activating group) is 1. The van der Waals surface area contributed by atoms with E-state index in [1.165, 1.54) is 0 Å². The first kappa shape index (κ1) is 24.3. The fourth-order valence-corrected chi connectivity index (χ4v) is 4.37.